The molecule has 0 unspecified atom stereocenters. The van der Waals surface area contributed by atoms with Gasteiger partial charge in [0.15, 0.2) is 0 Å². The number of anilines is 1. The summed E-state index contributed by atoms with van der Waals surface area (Å²) in [7, 11) is 0. The average Bonchev–Trinajstić information content (AvgIpc) is 2.19. The summed E-state index contributed by atoms with van der Waals surface area (Å²) in [5.74, 6) is -1.45. The van der Waals surface area contributed by atoms with Crippen molar-refractivity contribution in [3.63, 3.8) is 0 Å². The van der Waals surface area contributed by atoms with Gasteiger partial charge in [-0.15, -0.1) is 11.8 Å². The molecule has 0 spiro atoms. The van der Waals surface area contributed by atoms with Crippen molar-refractivity contribution in [2.75, 3.05) is 11.1 Å². The number of benzene rings is 1. The molecule has 1 N–H and O–H groups in total. The normalized spacial score (nSPS) is 10.6. The Balaban J connectivity index is 2.56. The van der Waals surface area contributed by atoms with E-state index in [9.17, 15) is 13.6 Å². The molecule has 1 amide bonds. The Morgan fingerprint density at radius 2 is 2.12 bits per heavy atom. The van der Waals surface area contributed by atoms with Crippen molar-refractivity contribution >= 4 is 23.4 Å². The van der Waals surface area contributed by atoms with Crippen LogP contribution in [0.3, 0.4) is 0 Å². The molecule has 0 bridgehead atoms. The van der Waals surface area contributed by atoms with E-state index in [1.165, 1.54) is 17.8 Å². The summed E-state index contributed by atoms with van der Waals surface area (Å²) in [6.07, 6.45) is 0. The van der Waals surface area contributed by atoms with Gasteiger partial charge in [0, 0.05) is 6.07 Å². The van der Waals surface area contributed by atoms with Crippen molar-refractivity contribution in [2.24, 2.45) is 0 Å². The number of nitrogens with one attached hydrogen (secondary N) is 1. The van der Waals surface area contributed by atoms with Crippen molar-refractivity contribution in [2.45, 2.75) is 19.1 Å². The number of amides is 1. The average molecular weight is 245 g/mol. The minimum absolute atomic E-state index is 0.00996. The summed E-state index contributed by atoms with van der Waals surface area (Å²) >= 11 is 1.46. The predicted molar refractivity (Wildman–Crippen MR) is 62.6 cm³/mol. The lowest BCUT2D eigenvalue weighted by molar-refractivity contribution is -0.113. The van der Waals surface area contributed by atoms with Gasteiger partial charge in [0.25, 0.3) is 0 Å². The molecular weight excluding hydrogens is 232 g/mol. The largest absolute Gasteiger partial charge is 0.323 e. The van der Waals surface area contributed by atoms with Crippen LogP contribution in [0.15, 0.2) is 18.2 Å². The molecule has 0 aliphatic rings. The Kier molecular flexibility index (Phi) is 4.73. The fourth-order valence-electron chi connectivity index (χ4n) is 1.02. The maximum Gasteiger partial charge on any atom is 0.234 e. The van der Waals surface area contributed by atoms with E-state index in [1.807, 2.05) is 13.8 Å². The molecule has 0 aliphatic carbocycles. The SMILES string of the molecule is CC(C)SCC(=O)Nc1ccc(F)cc1F. The first-order valence-corrected chi connectivity index (χ1v) is 5.90. The van der Waals surface area contributed by atoms with Gasteiger partial charge in [-0.1, -0.05) is 13.8 Å². The lowest BCUT2D eigenvalue weighted by atomic mass is 10.3. The van der Waals surface area contributed by atoms with Crippen LogP contribution < -0.4 is 5.32 Å². The zero-order chi connectivity index (χ0) is 12.1. The number of halogens is 2. The van der Waals surface area contributed by atoms with Gasteiger partial charge in [-0.05, 0) is 17.4 Å². The fraction of sp³-hybridized carbons (Fsp3) is 0.364. The number of rotatable bonds is 4. The molecule has 0 fully saturated rings. The highest BCUT2D eigenvalue weighted by Crippen LogP contribution is 2.16. The van der Waals surface area contributed by atoms with Crippen LogP contribution in [0, 0.1) is 11.6 Å². The van der Waals surface area contributed by atoms with Gasteiger partial charge in [0.2, 0.25) is 5.91 Å². The molecule has 0 atom stereocenters. The van der Waals surface area contributed by atoms with Crippen LogP contribution >= 0.6 is 11.8 Å². The van der Waals surface area contributed by atoms with Crippen LogP contribution in [0.25, 0.3) is 0 Å². The summed E-state index contributed by atoms with van der Waals surface area (Å²) < 4.78 is 25.7. The molecule has 0 radical (unpaired) electrons. The molecule has 0 heterocycles. The van der Waals surface area contributed by atoms with E-state index in [0.29, 0.717) is 5.25 Å². The summed E-state index contributed by atoms with van der Waals surface area (Å²) in [4.78, 5) is 11.4. The molecule has 1 rings (SSSR count). The van der Waals surface area contributed by atoms with E-state index < -0.39 is 11.6 Å². The van der Waals surface area contributed by atoms with Crippen LogP contribution in [-0.4, -0.2) is 16.9 Å². The van der Waals surface area contributed by atoms with Gasteiger partial charge in [0.05, 0.1) is 11.4 Å². The highest BCUT2D eigenvalue weighted by Gasteiger charge is 2.08. The summed E-state index contributed by atoms with van der Waals surface area (Å²) in [6.45, 7) is 3.94. The van der Waals surface area contributed by atoms with Crippen LogP contribution in [-0.2, 0) is 4.79 Å². The zero-order valence-electron chi connectivity index (χ0n) is 9.09. The van der Waals surface area contributed by atoms with E-state index in [-0.39, 0.29) is 17.3 Å². The van der Waals surface area contributed by atoms with E-state index in [4.69, 9.17) is 0 Å². The first-order chi connectivity index (χ1) is 7.49. The van der Waals surface area contributed by atoms with Crippen molar-refractivity contribution < 1.29 is 13.6 Å². The minimum Gasteiger partial charge on any atom is -0.323 e. The molecule has 88 valence electrons. The standard InChI is InChI=1S/C11H13F2NOS/c1-7(2)16-6-11(15)14-10-4-3-8(12)5-9(10)13/h3-5,7H,6H2,1-2H3,(H,14,15). The van der Waals surface area contributed by atoms with E-state index in [0.717, 1.165) is 12.1 Å². The Hall–Kier alpha value is -1.10. The molecule has 1 aromatic carbocycles. The Labute approximate surface area is 97.4 Å². The van der Waals surface area contributed by atoms with E-state index >= 15 is 0 Å². The molecule has 16 heavy (non-hydrogen) atoms. The molecule has 0 saturated carbocycles. The number of hydrogen-bond donors (Lipinski definition) is 1. The van der Waals surface area contributed by atoms with Crippen LogP contribution in [0.5, 0.6) is 0 Å². The number of hydrogen-bond acceptors (Lipinski definition) is 2. The van der Waals surface area contributed by atoms with Gasteiger partial charge in [-0.3, -0.25) is 4.79 Å². The second kappa shape index (κ2) is 5.84. The maximum atomic E-state index is 13.1. The Morgan fingerprint density at radius 3 is 2.69 bits per heavy atom. The number of carbonyl (C=O) groups excluding carboxylic acids is 1. The molecule has 5 heteroatoms. The van der Waals surface area contributed by atoms with Gasteiger partial charge in [-0.2, -0.15) is 0 Å². The molecular formula is C11H13F2NOS. The van der Waals surface area contributed by atoms with Gasteiger partial charge in [-0.25, -0.2) is 8.78 Å². The van der Waals surface area contributed by atoms with Crippen molar-refractivity contribution in [1.82, 2.24) is 0 Å². The first kappa shape index (κ1) is 13.0. The van der Waals surface area contributed by atoms with Crippen LogP contribution in [0.2, 0.25) is 0 Å². The third kappa shape index (κ3) is 4.18. The van der Waals surface area contributed by atoms with Gasteiger partial charge < -0.3 is 5.32 Å². The zero-order valence-corrected chi connectivity index (χ0v) is 9.91. The van der Waals surface area contributed by atoms with Gasteiger partial charge >= 0.3 is 0 Å². The third-order valence-corrected chi connectivity index (χ3v) is 2.85. The lowest BCUT2D eigenvalue weighted by Gasteiger charge is -2.07. The Morgan fingerprint density at radius 1 is 1.44 bits per heavy atom. The summed E-state index contributed by atoms with van der Waals surface area (Å²) in [5, 5.41) is 2.73. The van der Waals surface area contributed by atoms with E-state index in [2.05, 4.69) is 5.32 Å². The highest BCUT2D eigenvalue weighted by molar-refractivity contribution is 8.00. The van der Waals surface area contributed by atoms with Crippen LogP contribution in [0.1, 0.15) is 13.8 Å². The second-order valence-electron chi connectivity index (χ2n) is 3.53. The lowest BCUT2D eigenvalue weighted by Crippen LogP contribution is -2.16. The highest BCUT2D eigenvalue weighted by atomic mass is 32.2. The fourth-order valence-corrected chi connectivity index (χ4v) is 1.58. The second-order valence-corrected chi connectivity index (χ2v) is 5.10. The minimum atomic E-state index is -0.761. The molecule has 1 aromatic rings. The smallest absolute Gasteiger partial charge is 0.234 e. The monoisotopic (exact) mass is 245 g/mol. The number of carbonyl (C=O) groups is 1. The first-order valence-electron chi connectivity index (χ1n) is 4.85. The quantitative estimate of drug-likeness (QED) is 0.883. The van der Waals surface area contributed by atoms with Gasteiger partial charge in [0.1, 0.15) is 11.6 Å². The van der Waals surface area contributed by atoms with E-state index in [1.54, 1.807) is 0 Å². The van der Waals surface area contributed by atoms with Crippen molar-refractivity contribution in [3.8, 4) is 0 Å². The van der Waals surface area contributed by atoms with Crippen molar-refractivity contribution in [1.29, 1.82) is 0 Å². The summed E-state index contributed by atoms with van der Waals surface area (Å²) in [5.41, 5.74) is 0.00996. The summed E-state index contributed by atoms with van der Waals surface area (Å²) in [6, 6.07) is 3.06. The molecule has 0 aromatic heterocycles. The number of thioether (sulfide) groups is 1. The maximum absolute atomic E-state index is 13.1. The van der Waals surface area contributed by atoms with Crippen molar-refractivity contribution in [3.05, 3.63) is 29.8 Å². The molecule has 2 nitrogen and oxygen atoms in total. The molecule has 0 saturated heterocycles. The van der Waals surface area contributed by atoms with Crippen LogP contribution in [0.4, 0.5) is 14.5 Å². The third-order valence-electron chi connectivity index (χ3n) is 1.75. The molecule has 0 aliphatic heterocycles. The Bertz CT molecular complexity index is 382. The predicted octanol–water partition coefficient (Wildman–Crippen LogP) is 3.04. The topological polar surface area (TPSA) is 29.1 Å².